The van der Waals surface area contributed by atoms with Gasteiger partial charge in [0.1, 0.15) is 0 Å². The van der Waals surface area contributed by atoms with Gasteiger partial charge in [-0.1, -0.05) is 39.5 Å². The molecule has 2 bridgehead atoms. The van der Waals surface area contributed by atoms with Crippen LogP contribution in [0.3, 0.4) is 0 Å². The van der Waals surface area contributed by atoms with E-state index < -0.39 is 18.1 Å². The molecule has 5 N–H and O–H groups in total. The van der Waals surface area contributed by atoms with Crippen molar-refractivity contribution < 1.29 is 23.9 Å². The second-order valence-corrected chi connectivity index (χ2v) is 13.7. The van der Waals surface area contributed by atoms with E-state index in [1.165, 1.54) is 0 Å². The number of rotatable bonds is 13. The average Bonchev–Trinajstić information content (AvgIpc) is 3.26. The number of halogens is 1. The Kier molecular flexibility index (Phi) is 11.7. The summed E-state index contributed by atoms with van der Waals surface area (Å²) < 4.78 is 13.2. The zero-order chi connectivity index (χ0) is 29.9. The molecular weight excluding hydrogens is 563 g/mol. The van der Waals surface area contributed by atoms with Crippen molar-refractivity contribution in [1.29, 1.82) is 0 Å². The lowest BCUT2D eigenvalue weighted by atomic mass is 9.43. The topological polar surface area (TPSA) is 170 Å². The molecule has 5 aliphatic rings. The van der Waals surface area contributed by atoms with Crippen LogP contribution in [-0.4, -0.2) is 66.6 Å². The van der Waals surface area contributed by atoms with Gasteiger partial charge in [0, 0.05) is 18.9 Å². The smallest absolute Gasteiger partial charge is 0.404 e. The minimum atomic E-state index is -0.770. The second kappa shape index (κ2) is 14.2. The van der Waals surface area contributed by atoms with Gasteiger partial charge in [-0.05, 0) is 81.6 Å². The number of ketones is 1. The van der Waals surface area contributed by atoms with E-state index in [4.69, 9.17) is 15.0 Å². The molecule has 2 heterocycles. The van der Waals surface area contributed by atoms with Crippen molar-refractivity contribution in [3.8, 4) is 0 Å². The highest BCUT2D eigenvalue weighted by Crippen LogP contribution is 2.65. The van der Waals surface area contributed by atoms with Gasteiger partial charge in [0.25, 0.3) is 5.96 Å². The number of Topliss-reactive ketones (excluding diaryl/α,β-unsaturated/α-hetero) is 1. The molecule has 7 atom stereocenters. The Morgan fingerprint density at radius 2 is 1.98 bits per heavy atom. The maximum Gasteiger partial charge on any atom is 0.481 e. The summed E-state index contributed by atoms with van der Waals surface area (Å²) >= 11 is 0. The number of amides is 1. The van der Waals surface area contributed by atoms with Gasteiger partial charge < -0.3 is 25.7 Å². The number of hydrogen-bond acceptors (Lipinski definition) is 8. The van der Waals surface area contributed by atoms with E-state index in [0.29, 0.717) is 37.0 Å². The maximum atomic E-state index is 13.8. The molecule has 5 fully saturated rings. The molecule has 0 spiro atoms. The van der Waals surface area contributed by atoms with Gasteiger partial charge in [-0.2, -0.15) is 0 Å². The summed E-state index contributed by atoms with van der Waals surface area (Å²) in [7, 11) is -0.541. The first-order chi connectivity index (χ1) is 19.3. The van der Waals surface area contributed by atoms with Gasteiger partial charge in [-0.25, -0.2) is 15.1 Å². The van der Waals surface area contributed by atoms with Crippen LogP contribution in [0.25, 0.3) is 0 Å². The molecule has 0 unspecified atom stereocenters. The van der Waals surface area contributed by atoms with E-state index in [9.17, 15) is 19.7 Å². The van der Waals surface area contributed by atoms with Gasteiger partial charge in [-0.15, -0.1) is 12.4 Å². The van der Waals surface area contributed by atoms with Crippen LogP contribution < -0.4 is 21.8 Å². The number of carbonyl (C=O) groups is 2. The van der Waals surface area contributed by atoms with Crippen LogP contribution in [-0.2, 0) is 18.9 Å². The molecule has 42 heavy (non-hydrogen) atoms. The third-order valence-corrected chi connectivity index (χ3v) is 10.1. The maximum absolute atomic E-state index is 13.8. The average molecular weight is 613 g/mol. The van der Waals surface area contributed by atoms with Crippen LogP contribution in [0.2, 0.25) is 0 Å². The molecular formula is C28H50BClN6O6. The Hall–Kier alpha value is -1.96. The van der Waals surface area contributed by atoms with Gasteiger partial charge in [-0.3, -0.25) is 9.59 Å². The number of nitrogens with one attached hydrogen (secondary N) is 3. The minimum Gasteiger partial charge on any atom is -0.404 e. The van der Waals surface area contributed by atoms with E-state index in [2.05, 4.69) is 50.2 Å². The molecule has 2 saturated heterocycles. The molecule has 0 aromatic rings. The van der Waals surface area contributed by atoms with Crippen molar-refractivity contribution in [2.45, 2.75) is 116 Å². The van der Waals surface area contributed by atoms with Gasteiger partial charge in [0.05, 0.1) is 23.7 Å². The quantitative estimate of drug-likeness (QED) is 0.0610. The molecule has 0 aromatic carbocycles. The predicted molar refractivity (Wildman–Crippen MR) is 163 cm³/mol. The Morgan fingerprint density at radius 3 is 2.60 bits per heavy atom. The van der Waals surface area contributed by atoms with Crippen LogP contribution in [0.5, 0.6) is 0 Å². The summed E-state index contributed by atoms with van der Waals surface area (Å²) in [5.74, 6) is 0.0000640. The summed E-state index contributed by atoms with van der Waals surface area (Å²) in [6.45, 7) is 12.0. The first-order valence-corrected chi connectivity index (χ1v) is 15.4. The zero-order valence-corrected chi connectivity index (χ0v) is 26.5. The van der Waals surface area contributed by atoms with Crippen molar-refractivity contribution >= 4 is 37.2 Å². The van der Waals surface area contributed by atoms with E-state index in [0.717, 1.165) is 38.6 Å². The summed E-state index contributed by atoms with van der Waals surface area (Å²) in [5.41, 5.74) is 7.20. The molecule has 3 saturated carbocycles. The lowest BCUT2D eigenvalue weighted by Gasteiger charge is -2.64. The second-order valence-electron chi connectivity index (χ2n) is 13.7. The van der Waals surface area contributed by atoms with Crippen molar-refractivity contribution in [3.05, 3.63) is 10.1 Å². The summed E-state index contributed by atoms with van der Waals surface area (Å²) in [6, 6.07) is -0.233. The molecule has 3 aliphatic carbocycles. The number of aliphatic imine (C=N–C) groups is 1. The molecule has 2 aliphatic heterocycles. The van der Waals surface area contributed by atoms with E-state index in [1.807, 2.05) is 5.43 Å². The molecule has 14 heteroatoms. The fourth-order valence-electron chi connectivity index (χ4n) is 7.62. The minimum absolute atomic E-state index is 0. The van der Waals surface area contributed by atoms with Gasteiger partial charge >= 0.3 is 7.12 Å². The van der Waals surface area contributed by atoms with Crippen molar-refractivity contribution in [2.24, 2.45) is 39.8 Å². The number of hydrazine groups is 1. The lowest BCUT2D eigenvalue weighted by molar-refractivity contribution is -0.525. The highest BCUT2D eigenvalue weighted by atomic mass is 35.5. The lowest BCUT2D eigenvalue weighted by Crippen LogP contribution is -2.65. The Balaban J connectivity index is 0.00000484. The first kappa shape index (κ1) is 34.5. The standard InChI is InChI=1S/C28H49BN6O6.ClH/c1-17(2)13-24(29-40-23-16-19-15-22(27(19,3)4)28(23,5)41-29)33-25(37)18(9-8-12-32-26(30)34-35(38)39)14-21(36)20-10-6-7-11-31-20;/h17-20,22-24,31H,6-16H2,1-5H3,(H,33,37)(H3,30,32,34);1H/t18-,19+,20+,22+,23-,24+,28+;/m1./s1. The Labute approximate surface area is 256 Å². The largest absolute Gasteiger partial charge is 0.481 e. The first-order valence-electron chi connectivity index (χ1n) is 15.4. The Bertz CT molecular complexity index is 1010. The number of piperidine rings is 1. The zero-order valence-electron chi connectivity index (χ0n) is 25.7. The van der Waals surface area contributed by atoms with E-state index in [1.54, 1.807) is 0 Å². The fraction of sp³-hybridized carbons (Fsp3) is 0.893. The Morgan fingerprint density at radius 1 is 1.24 bits per heavy atom. The number of hydrogen-bond donors (Lipinski definition) is 4. The summed E-state index contributed by atoms with van der Waals surface area (Å²) in [4.78, 5) is 41.5. The van der Waals surface area contributed by atoms with Crippen LogP contribution in [0, 0.1) is 39.2 Å². The van der Waals surface area contributed by atoms with Crippen molar-refractivity contribution in [1.82, 2.24) is 16.1 Å². The van der Waals surface area contributed by atoms with Crippen LogP contribution in [0.1, 0.15) is 92.4 Å². The van der Waals surface area contributed by atoms with E-state index in [-0.39, 0.29) is 72.1 Å². The monoisotopic (exact) mass is 612 g/mol. The highest BCUT2D eigenvalue weighted by molar-refractivity contribution is 6.47. The molecule has 12 nitrogen and oxygen atoms in total. The van der Waals surface area contributed by atoms with Gasteiger partial charge in [0.2, 0.25) is 5.91 Å². The highest BCUT2D eigenvalue weighted by Gasteiger charge is 2.68. The summed E-state index contributed by atoms with van der Waals surface area (Å²) in [6.07, 6.45) is 6.61. The third kappa shape index (κ3) is 7.76. The van der Waals surface area contributed by atoms with Crippen LogP contribution >= 0.6 is 12.4 Å². The fourth-order valence-corrected chi connectivity index (χ4v) is 7.62. The van der Waals surface area contributed by atoms with Gasteiger partial charge in [0.15, 0.2) is 10.8 Å². The third-order valence-electron chi connectivity index (χ3n) is 10.1. The molecule has 238 valence electrons. The number of nitro groups is 1. The molecule has 0 radical (unpaired) electrons. The SMILES string of the molecule is CC(C)C[C@H](NC(=O)[C@H](CCCN=C(N)N[N+](=O)[O-])CC(=O)[C@@H]1CCCCN1)B1O[C@@H]2C[C@@H]3C[C@@H](C3(C)C)[C@]2(C)O1.Cl. The van der Waals surface area contributed by atoms with Crippen LogP contribution in [0.15, 0.2) is 4.99 Å². The number of guanidine groups is 1. The number of nitrogens with two attached hydrogens (primary N) is 1. The molecule has 5 rings (SSSR count). The van der Waals surface area contributed by atoms with Crippen molar-refractivity contribution in [3.63, 3.8) is 0 Å². The summed E-state index contributed by atoms with van der Waals surface area (Å²) in [5, 5.41) is 16.3. The van der Waals surface area contributed by atoms with Crippen molar-refractivity contribution in [2.75, 3.05) is 13.1 Å². The molecule has 0 aromatic heterocycles. The van der Waals surface area contributed by atoms with E-state index >= 15 is 0 Å². The predicted octanol–water partition coefficient (Wildman–Crippen LogP) is 2.80. The normalized spacial score (nSPS) is 31.3. The molecule has 1 amide bonds. The number of nitrogens with zero attached hydrogens (tertiary/aromatic N) is 2. The number of carbonyl (C=O) groups excluding carboxylic acids is 2. The van der Waals surface area contributed by atoms with Crippen LogP contribution in [0.4, 0.5) is 0 Å².